The second kappa shape index (κ2) is 5.30. The van der Waals surface area contributed by atoms with E-state index in [1.54, 1.807) is 51.2 Å². The largest absolute Gasteiger partial charge is 0.330 e. The second-order valence-electron chi connectivity index (χ2n) is 6.62. The van der Waals surface area contributed by atoms with Crippen LogP contribution in [-0.2, 0) is 4.79 Å². The Bertz CT molecular complexity index is 780. The van der Waals surface area contributed by atoms with Crippen molar-refractivity contribution < 1.29 is 19.2 Å². The maximum atomic E-state index is 12.8. The van der Waals surface area contributed by atoms with E-state index in [1.165, 1.54) is 16.8 Å². The van der Waals surface area contributed by atoms with Gasteiger partial charge in [-0.2, -0.15) is 0 Å². The van der Waals surface area contributed by atoms with Crippen molar-refractivity contribution in [2.45, 2.75) is 31.6 Å². The molecule has 2 saturated heterocycles. The molecule has 132 valence electrons. The first-order chi connectivity index (χ1) is 11.6. The lowest BCUT2D eigenvalue weighted by Gasteiger charge is -2.40. The van der Waals surface area contributed by atoms with E-state index in [9.17, 15) is 19.2 Å². The average molecular weight is 344 g/mol. The number of carbonyl (C=O) groups excluding carboxylic acids is 4. The van der Waals surface area contributed by atoms with E-state index in [0.717, 1.165) is 4.90 Å². The molecule has 8 heteroatoms. The lowest BCUT2D eigenvalue weighted by molar-refractivity contribution is -0.132. The molecule has 2 aliphatic heterocycles. The number of hydrogen-bond donors (Lipinski definition) is 1. The Kier molecular flexibility index (Phi) is 3.59. The molecule has 2 fully saturated rings. The molecule has 0 aliphatic carbocycles. The molecule has 0 saturated carbocycles. The Hall–Kier alpha value is -2.90. The smallest absolute Gasteiger partial charge is 0.311 e. The summed E-state index contributed by atoms with van der Waals surface area (Å²) in [7, 11) is 3.09. The fraction of sp³-hybridized carbons (Fsp3) is 0.412. The number of benzene rings is 1. The Labute approximate surface area is 145 Å². The minimum Gasteiger partial charge on any atom is -0.311 e. The van der Waals surface area contributed by atoms with Gasteiger partial charge in [0.25, 0.3) is 0 Å². The summed E-state index contributed by atoms with van der Waals surface area (Å²) in [4.78, 5) is 53.6. The average Bonchev–Trinajstić information content (AvgIpc) is 2.84. The van der Waals surface area contributed by atoms with Gasteiger partial charge in [-0.1, -0.05) is 30.3 Å². The molecule has 25 heavy (non-hydrogen) atoms. The first-order valence-corrected chi connectivity index (χ1v) is 7.89. The zero-order valence-electron chi connectivity index (χ0n) is 14.6. The molecular weight excluding hydrogens is 324 g/mol. The van der Waals surface area contributed by atoms with Crippen LogP contribution in [0.25, 0.3) is 0 Å². The van der Waals surface area contributed by atoms with Gasteiger partial charge >= 0.3 is 12.1 Å². The molecule has 1 aromatic carbocycles. The molecule has 0 unspecified atom stereocenters. The van der Waals surface area contributed by atoms with Crippen molar-refractivity contribution in [3.05, 3.63) is 35.9 Å². The molecule has 0 radical (unpaired) electrons. The summed E-state index contributed by atoms with van der Waals surface area (Å²) in [5.74, 6) is -1.02. The van der Waals surface area contributed by atoms with E-state index in [4.69, 9.17) is 0 Å². The van der Waals surface area contributed by atoms with E-state index in [1.807, 2.05) is 0 Å². The number of imide groups is 1. The molecule has 0 aromatic heterocycles. The van der Waals surface area contributed by atoms with Gasteiger partial charge in [-0.3, -0.25) is 9.59 Å². The molecule has 8 nitrogen and oxygen atoms in total. The van der Waals surface area contributed by atoms with Crippen molar-refractivity contribution in [2.75, 3.05) is 14.1 Å². The predicted octanol–water partition coefficient (Wildman–Crippen LogP) is 1.24. The van der Waals surface area contributed by atoms with Gasteiger partial charge in [-0.25, -0.2) is 14.5 Å². The maximum Gasteiger partial charge on any atom is 0.330 e. The molecule has 1 aromatic rings. The first kappa shape index (κ1) is 16.9. The van der Waals surface area contributed by atoms with Gasteiger partial charge in [0.2, 0.25) is 5.91 Å². The van der Waals surface area contributed by atoms with Gasteiger partial charge in [0, 0.05) is 19.7 Å². The minimum absolute atomic E-state index is 0.379. The fourth-order valence-corrected chi connectivity index (χ4v) is 3.58. The van der Waals surface area contributed by atoms with E-state index >= 15 is 0 Å². The van der Waals surface area contributed by atoms with Crippen LogP contribution in [0.15, 0.2) is 30.3 Å². The number of nitrogens with zero attached hydrogens (tertiary/aromatic N) is 3. The van der Waals surface area contributed by atoms with E-state index in [0.29, 0.717) is 5.56 Å². The van der Waals surface area contributed by atoms with Crippen LogP contribution in [0.4, 0.5) is 9.59 Å². The van der Waals surface area contributed by atoms with Crippen LogP contribution in [-0.4, -0.2) is 63.9 Å². The molecule has 0 bridgehead atoms. The molecule has 1 N–H and O–H groups in total. The van der Waals surface area contributed by atoms with Crippen LogP contribution >= 0.6 is 0 Å². The summed E-state index contributed by atoms with van der Waals surface area (Å²) in [6, 6.07) is 7.47. The first-order valence-electron chi connectivity index (χ1n) is 7.89. The number of rotatable bonds is 3. The van der Waals surface area contributed by atoms with Crippen molar-refractivity contribution in [2.24, 2.45) is 0 Å². The van der Waals surface area contributed by atoms with E-state index in [2.05, 4.69) is 5.32 Å². The lowest BCUT2D eigenvalue weighted by atomic mass is 9.96. The molecule has 2 heterocycles. The highest BCUT2D eigenvalue weighted by molar-refractivity contribution is 6.12. The number of amides is 5. The van der Waals surface area contributed by atoms with E-state index < -0.39 is 35.7 Å². The monoisotopic (exact) mass is 344 g/mol. The second-order valence-corrected chi connectivity index (χ2v) is 6.62. The third-order valence-electron chi connectivity index (χ3n) is 5.47. The summed E-state index contributed by atoms with van der Waals surface area (Å²) in [6.07, 6.45) is -0.450. The molecule has 2 aliphatic rings. The van der Waals surface area contributed by atoms with Crippen molar-refractivity contribution in [3.63, 3.8) is 0 Å². The summed E-state index contributed by atoms with van der Waals surface area (Å²) in [6.45, 7) is 3.32. The number of nitrogens with one attached hydrogen (secondary N) is 1. The Morgan fingerprint density at radius 1 is 1.04 bits per heavy atom. The predicted molar refractivity (Wildman–Crippen MR) is 88.5 cm³/mol. The summed E-state index contributed by atoms with van der Waals surface area (Å²) >= 11 is 0. The van der Waals surface area contributed by atoms with Gasteiger partial charge in [0.05, 0.1) is 6.42 Å². The van der Waals surface area contributed by atoms with Crippen LogP contribution in [0.2, 0.25) is 0 Å². The van der Waals surface area contributed by atoms with Gasteiger partial charge in [0.15, 0.2) is 17.1 Å². The summed E-state index contributed by atoms with van der Waals surface area (Å²) in [5, 5.41) is 2.71. The van der Waals surface area contributed by atoms with Crippen molar-refractivity contribution >= 4 is 23.8 Å². The fourth-order valence-electron chi connectivity index (χ4n) is 3.58. The van der Waals surface area contributed by atoms with Gasteiger partial charge < -0.3 is 15.1 Å². The quantitative estimate of drug-likeness (QED) is 0.660. The number of likely N-dealkylation sites (N-methyl/N-ethyl adjacent to an activating group) is 2. The van der Waals surface area contributed by atoms with Crippen molar-refractivity contribution in [3.8, 4) is 0 Å². The van der Waals surface area contributed by atoms with E-state index in [-0.39, 0.29) is 5.78 Å². The third-order valence-corrected chi connectivity index (χ3v) is 5.47. The minimum atomic E-state index is -1.27. The van der Waals surface area contributed by atoms with Gasteiger partial charge in [-0.05, 0) is 13.8 Å². The number of urea groups is 2. The highest BCUT2D eigenvalue weighted by Crippen LogP contribution is 2.44. The number of Topliss-reactive ketones (excluding diaryl/α,β-unsaturated/α-hetero) is 1. The van der Waals surface area contributed by atoms with Crippen LogP contribution in [0.5, 0.6) is 0 Å². The number of carbonyl (C=O) groups is 4. The normalized spacial score (nSPS) is 28.2. The zero-order valence-corrected chi connectivity index (χ0v) is 14.6. The standard InChI is InChI=1S/C17H20N4O4/c1-16-17(2,19(3)14(24)18-16)20(4)15(25)21(16)13(23)10-12(22)11-8-6-5-7-9-11/h5-9H,10H2,1-4H3,(H,18,24)/t16-,17+/m1/s1. The maximum absolute atomic E-state index is 12.8. The van der Waals surface area contributed by atoms with Gasteiger partial charge in [-0.15, -0.1) is 0 Å². The number of hydrogen-bond acceptors (Lipinski definition) is 4. The third kappa shape index (κ3) is 2.06. The Morgan fingerprint density at radius 3 is 2.24 bits per heavy atom. The lowest BCUT2D eigenvalue weighted by Crippen LogP contribution is -2.64. The molecule has 0 spiro atoms. The summed E-state index contributed by atoms with van der Waals surface area (Å²) in [5.41, 5.74) is -1.91. The van der Waals surface area contributed by atoms with Crippen molar-refractivity contribution in [1.29, 1.82) is 0 Å². The van der Waals surface area contributed by atoms with Gasteiger partial charge in [0.1, 0.15) is 0 Å². The molecule has 5 amide bonds. The molecule has 3 rings (SSSR count). The SMILES string of the molecule is CN1C(=O)N[C@]2(C)N(C(=O)CC(=O)c3ccccc3)C(=O)N(C)[C@]12C. The Morgan fingerprint density at radius 2 is 1.64 bits per heavy atom. The highest BCUT2D eigenvalue weighted by Gasteiger charge is 2.70. The van der Waals surface area contributed by atoms with Crippen LogP contribution in [0, 0.1) is 0 Å². The molecular formula is C17H20N4O4. The molecule has 2 atom stereocenters. The Balaban J connectivity index is 1.91. The number of ketones is 1. The van der Waals surface area contributed by atoms with Crippen LogP contribution in [0.1, 0.15) is 30.6 Å². The highest BCUT2D eigenvalue weighted by atomic mass is 16.2. The topological polar surface area (TPSA) is 90.0 Å². The summed E-state index contributed by atoms with van der Waals surface area (Å²) < 4.78 is 0. The van der Waals surface area contributed by atoms with Crippen LogP contribution < -0.4 is 5.32 Å². The number of fused-ring (bicyclic) bond motifs is 1. The van der Waals surface area contributed by atoms with Crippen LogP contribution in [0.3, 0.4) is 0 Å². The van der Waals surface area contributed by atoms with Crippen molar-refractivity contribution in [1.82, 2.24) is 20.0 Å². The zero-order chi connectivity index (χ0) is 18.6.